The molecule has 1 unspecified atom stereocenters. The van der Waals surface area contributed by atoms with Gasteiger partial charge in [-0.25, -0.2) is 0 Å². The zero-order valence-corrected chi connectivity index (χ0v) is 14.0. The molecule has 4 heteroatoms. The molecule has 0 aliphatic carbocycles. The molecule has 0 saturated carbocycles. The number of nitrogens with one attached hydrogen (secondary N) is 1. The number of amides is 1. The molecule has 3 rings (SSSR count). The minimum absolute atomic E-state index is 0.101. The number of rotatable bonds is 4. The number of carbonyl (C=O) groups is 1. The molecule has 1 atom stereocenters. The van der Waals surface area contributed by atoms with Gasteiger partial charge in [0.2, 0.25) is 0 Å². The first-order valence-electron chi connectivity index (χ1n) is 7.95. The van der Waals surface area contributed by atoms with Gasteiger partial charge in [0.15, 0.2) is 0 Å². The Morgan fingerprint density at radius 1 is 1.00 bits per heavy atom. The largest absolute Gasteiger partial charge is 0.361 e. The van der Waals surface area contributed by atoms with Gasteiger partial charge >= 0.3 is 0 Å². The fraction of sp³-hybridized carbons (Fsp3) is 0.200. The van der Waals surface area contributed by atoms with Crippen LogP contribution in [0, 0.1) is 13.8 Å². The Labute approximate surface area is 141 Å². The Hall–Kier alpha value is -2.88. The van der Waals surface area contributed by atoms with Crippen molar-refractivity contribution in [3.63, 3.8) is 0 Å². The lowest BCUT2D eigenvalue weighted by atomic mass is 10.0. The number of aryl methyl sites for hydroxylation is 2. The molecule has 1 N–H and O–H groups in total. The van der Waals surface area contributed by atoms with Crippen LogP contribution in [0.1, 0.15) is 40.3 Å². The van der Waals surface area contributed by atoms with E-state index in [2.05, 4.69) is 34.7 Å². The number of nitrogens with zero attached hydrogens (tertiary/aromatic N) is 1. The maximum absolute atomic E-state index is 12.4. The summed E-state index contributed by atoms with van der Waals surface area (Å²) in [5.74, 6) is 0.377. The van der Waals surface area contributed by atoms with Gasteiger partial charge in [-0.3, -0.25) is 4.79 Å². The lowest BCUT2D eigenvalue weighted by Crippen LogP contribution is -2.27. The summed E-state index contributed by atoms with van der Waals surface area (Å²) in [5, 5.41) is 6.83. The van der Waals surface area contributed by atoms with Crippen molar-refractivity contribution in [1.29, 1.82) is 0 Å². The van der Waals surface area contributed by atoms with Crippen molar-refractivity contribution in [3.05, 3.63) is 77.2 Å². The van der Waals surface area contributed by atoms with E-state index >= 15 is 0 Å². The van der Waals surface area contributed by atoms with Gasteiger partial charge in [-0.15, -0.1) is 0 Å². The molecular formula is C20H20N2O2. The number of hydrogen-bond donors (Lipinski definition) is 1. The van der Waals surface area contributed by atoms with E-state index in [0.29, 0.717) is 17.0 Å². The molecule has 0 aliphatic rings. The fourth-order valence-electron chi connectivity index (χ4n) is 2.75. The predicted molar refractivity (Wildman–Crippen MR) is 93.7 cm³/mol. The maximum atomic E-state index is 12.4. The molecule has 0 aliphatic heterocycles. The number of benzene rings is 2. The highest BCUT2D eigenvalue weighted by atomic mass is 16.5. The van der Waals surface area contributed by atoms with Gasteiger partial charge in [0.05, 0.1) is 11.7 Å². The molecule has 2 aromatic carbocycles. The van der Waals surface area contributed by atoms with Gasteiger partial charge < -0.3 is 9.84 Å². The molecule has 1 heterocycles. The highest BCUT2D eigenvalue weighted by Crippen LogP contribution is 2.22. The number of carbonyl (C=O) groups excluding carboxylic acids is 1. The summed E-state index contributed by atoms with van der Waals surface area (Å²) in [4.78, 5) is 12.4. The van der Waals surface area contributed by atoms with E-state index in [1.807, 2.05) is 37.3 Å². The van der Waals surface area contributed by atoms with Crippen molar-refractivity contribution in [3.8, 4) is 11.1 Å². The van der Waals surface area contributed by atoms with Crippen molar-refractivity contribution in [2.24, 2.45) is 0 Å². The third-order valence-electron chi connectivity index (χ3n) is 4.13. The molecular weight excluding hydrogens is 300 g/mol. The summed E-state index contributed by atoms with van der Waals surface area (Å²) in [6.07, 6.45) is 0. The summed E-state index contributed by atoms with van der Waals surface area (Å²) in [6.45, 7) is 5.48. The SMILES string of the molecule is Cc1noc(C)c1C(=O)NC(C)c1ccc(-c2ccccc2)cc1. The molecule has 3 aromatic rings. The van der Waals surface area contributed by atoms with E-state index < -0.39 is 0 Å². The molecule has 0 bridgehead atoms. The first-order valence-corrected chi connectivity index (χ1v) is 7.95. The highest BCUT2D eigenvalue weighted by Gasteiger charge is 2.19. The Morgan fingerprint density at radius 2 is 1.62 bits per heavy atom. The van der Waals surface area contributed by atoms with Crippen LogP contribution in [0.5, 0.6) is 0 Å². The summed E-state index contributed by atoms with van der Waals surface area (Å²) in [6, 6.07) is 18.3. The lowest BCUT2D eigenvalue weighted by Gasteiger charge is -2.15. The minimum atomic E-state index is -0.161. The van der Waals surface area contributed by atoms with Gasteiger partial charge in [-0.05, 0) is 37.5 Å². The molecule has 24 heavy (non-hydrogen) atoms. The maximum Gasteiger partial charge on any atom is 0.257 e. The molecule has 122 valence electrons. The van der Waals surface area contributed by atoms with Crippen molar-refractivity contribution in [1.82, 2.24) is 10.5 Å². The topological polar surface area (TPSA) is 55.1 Å². The Kier molecular flexibility index (Phi) is 4.47. The standard InChI is InChI=1S/C20H20N2O2/c1-13(21-20(23)19-14(2)22-24-15(19)3)16-9-11-18(12-10-16)17-7-5-4-6-8-17/h4-13H,1-3H3,(H,21,23). The zero-order chi connectivity index (χ0) is 17.1. The number of aromatic nitrogens is 1. The second-order valence-corrected chi connectivity index (χ2v) is 5.88. The Bertz CT molecular complexity index is 816. The van der Waals surface area contributed by atoms with Crippen molar-refractivity contribution in [2.45, 2.75) is 26.8 Å². The van der Waals surface area contributed by atoms with Crippen LogP contribution in [0.4, 0.5) is 0 Å². The molecule has 0 saturated heterocycles. The minimum Gasteiger partial charge on any atom is -0.361 e. The van der Waals surface area contributed by atoms with Crippen LogP contribution in [0.3, 0.4) is 0 Å². The second kappa shape index (κ2) is 6.71. The third-order valence-corrected chi connectivity index (χ3v) is 4.13. The highest BCUT2D eigenvalue weighted by molar-refractivity contribution is 5.96. The van der Waals surface area contributed by atoms with Gasteiger partial charge in [-0.1, -0.05) is 59.8 Å². The van der Waals surface area contributed by atoms with E-state index in [1.165, 1.54) is 5.56 Å². The van der Waals surface area contributed by atoms with Gasteiger partial charge in [0.1, 0.15) is 11.3 Å². The summed E-state index contributed by atoms with van der Waals surface area (Å²) < 4.78 is 5.06. The van der Waals surface area contributed by atoms with Crippen molar-refractivity contribution in [2.75, 3.05) is 0 Å². The van der Waals surface area contributed by atoms with E-state index in [0.717, 1.165) is 11.1 Å². The normalized spacial score (nSPS) is 12.0. The fourth-order valence-corrected chi connectivity index (χ4v) is 2.75. The summed E-state index contributed by atoms with van der Waals surface area (Å²) in [7, 11) is 0. The van der Waals surface area contributed by atoms with Crippen LogP contribution < -0.4 is 5.32 Å². The summed E-state index contributed by atoms with van der Waals surface area (Å²) in [5.41, 5.74) is 4.51. The smallest absolute Gasteiger partial charge is 0.257 e. The van der Waals surface area contributed by atoms with E-state index in [4.69, 9.17) is 4.52 Å². The number of hydrogen-bond acceptors (Lipinski definition) is 3. The average molecular weight is 320 g/mol. The molecule has 4 nitrogen and oxygen atoms in total. The van der Waals surface area contributed by atoms with Crippen molar-refractivity contribution < 1.29 is 9.32 Å². The van der Waals surface area contributed by atoms with Crippen molar-refractivity contribution >= 4 is 5.91 Å². The van der Waals surface area contributed by atoms with Crippen LogP contribution in [0.15, 0.2) is 59.1 Å². The van der Waals surface area contributed by atoms with Crippen LogP contribution in [-0.4, -0.2) is 11.1 Å². The quantitative estimate of drug-likeness (QED) is 0.772. The van der Waals surface area contributed by atoms with Gasteiger partial charge in [-0.2, -0.15) is 0 Å². The van der Waals surface area contributed by atoms with E-state index in [1.54, 1.807) is 13.8 Å². The van der Waals surface area contributed by atoms with Crippen LogP contribution in [-0.2, 0) is 0 Å². The first-order chi connectivity index (χ1) is 11.6. The Morgan fingerprint density at radius 3 is 2.21 bits per heavy atom. The van der Waals surface area contributed by atoms with Gasteiger partial charge in [0.25, 0.3) is 5.91 Å². The molecule has 1 aromatic heterocycles. The summed E-state index contributed by atoms with van der Waals surface area (Å²) >= 11 is 0. The molecule has 0 spiro atoms. The molecule has 0 fully saturated rings. The molecule has 0 radical (unpaired) electrons. The van der Waals surface area contributed by atoms with Crippen LogP contribution in [0.2, 0.25) is 0 Å². The van der Waals surface area contributed by atoms with Crippen LogP contribution in [0.25, 0.3) is 11.1 Å². The first kappa shape index (κ1) is 16.0. The predicted octanol–water partition coefficient (Wildman–Crippen LogP) is 4.45. The van der Waals surface area contributed by atoms with E-state index in [-0.39, 0.29) is 11.9 Å². The second-order valence-electron chi connectivity index (χ2n) is 5.88. The Balaban J connectivity index is 1.74. The molecule has 1 amide bonds. The third kappa shape index (κ3) is 3.23. The zero-order valence-electron chi connectivity index (χ0n) is 14.0. The monoisotopic (exact) mass is 320 g/mol. The average Bonchev–Trinajstić information content (AvgIpc) is 2.94. The van der Waals surface area contributed by atoms with Gasteiger partial charge in [0, 0.05) is 0 Å². The van der Waals surface area contributed by atoms with E-state index in [9.17, 15) is 4.79 Å². The van der Waals surface area contributed by atoms with Crippen LogP contribution >= 0.6 is 0 Å². The lowest BCUT2D eigenvalue weighted by molar-refractivity contribution is 0.0938.